The number of allylic oxidation sites excluding steroid dienone is 2. The van der Waals surface area contributed by atoms with Gasteiger partial charge in [0.05, 0.1) is 0 Å². The quantitative estimate of drug-likeness (QED) is 0.292. The summed E-state index contributed by atoms with van der Waals surface area (Å²) >= 11 is 0. The van der Waals surface area contributed by atoms with Gasteiger partial charge in [-0.3, -0.25) is 0 Å². The second kappa shape index (κ2) is 14.3. The van der Waals surface area contributed by atoms with Crippen LogP contribution in [0.15, 0.2) is 12.2 Å². The third-order valence-corrected chi connectivity index (χ3v) is 5.02. The molecule has 1 nitrogen and oxygen atoms in total. The highest BCUT2D eigenvalue weighted by molar-refractivity contribution is 4.81. The first-order chi connectivity index (χ1) is 10.8. The van der Waals surface area contributed by atoms with Crippen LogP contribution in [0.2, 0.25) is 0 Å². The number of nitrogens with one attached hydrogen (secondary N) is 1. The summed E-state index contributed by atoms with van der Waals surface area (Å²) in [6, 6.07) is 1.57. The normalized spacial score (nSPS) is 22.5. The van der Waals surface area contributed by atoms with Crippen molar-refractivity contribution < 1.29 is 0 Å². The lowest BCUT2D eigenvalue weighted by Crippen LogP contribution is -2.40. The molecule has 0 bridgehead atoms. The van der Waals surface area contributed by atoms with Crippen LogP contribution >= 0.6 is 0 Å². The average Bonchev–Trinajstić information content (AvgIpc) is 2.52. The average molecular weight is 308 g/mol. The van der Waals surface area contributed by atoms with E-state index in [2.05, 4.69) is 31.3 Å². The number of rotatable bonds is 13. The molecule has 0 aromatic rings. The van der Waals surface area contributed by atoms with E-state index < -0.39 is 0 Å². The molecule has 1 saturated heterocycles. The van der Waals surface area contributed by atoms with Crippen LogP contribution in [0.4, 0.5) is 0 Å². The van der Waals surface area contributed by atoms with Crippen molar-refractivity contribution in [1.82, 2.24) is 5.32 Å². The lowest BCUT2D eigenvalue weighted by atomic mass is 9.95. The summed E-state index contributed by atoms with van der Waals surface area (Å²) in [5.41, 5.74) is 0. The highest BCUT2D eigenvalue weighted by atomic mass is 15.0. The maximum absolute atomic E-state index is 3.75. The van der Waals surface area contributed by atoms with Crippen LogP contribution in [0, 0.1) is 0 Å². The fourth-order valence-electron chi connectivity index (χ4n) is 3.58. The Morgan fingerprint density at radius 3 is 2.14 bits per heavy atom. The lowest BCUT2D eigenvalue weighted by molar-refractivity contribution is 0.315. The van der Waals surface area contributed by atoms with E-state index in [-0.39, 0.29) is 0 Å². The summed E-state index contributed by atoms with van der Waals surface area (Å²) in [6.45, 7) is 4.62. The lowest BCUT2D eigenvalue weighted by Gasteiger charge is -2.28. The van der Waals surface area contributed by atoms with Crippen molar-refractivity contribution >= 4 is 0 Å². The van der Waals surface area contributed by atoms with Crippen molar-refractivity contribution in [3.8, 4) is 0 Å². The van der Waals surface area contributed by atoms with Gasteiger partial charge in [0, 0.05) is 12.1 Å². The van der Waals surface area contributed by atoms with E-state index in [4.69, 9.17) is 0 Å². The van der Waals surface area contributed by atoms with Crippen LogP contribution in [0.25, 0.3) is 0 Å². The van der Waals surface area contributed by atoms with Crippen molar-refractivity contribution in [2.75, 3.05) is 0 Å². The molecule has 0 radical (unpaired) electrons. The molecule has 1 rings (SSSR count). The Labute approximate surface area is 140 Å². The molecule has 1 aliphatic heterocycles. The predicted octanol–water partition coefficient (Wildman–Crippen LogP) is 6.77. The van der Waals surface area contributed by atoms with Gasteiger partial charge in [-0.15, -0.1) is 0 Å². The van der Waals surface area contributed by atoms with Gasteiger partial charge in [0.1, 0.15) is 0 Å². The third-order valence-electron chi connectivity index (χ3n) is 5.02. The Morgan fingerprint density at radius 2 is 1.45 bits per heavy atom. The van der Waals surface area contributed by atoms with Crippen molar-refractivity contribution in [1.29, 1.82) is 0 Å². The molecule has 1 heteroatoms. The molecule has 1 aliphatic rings. The van der Waals surface area contributed by atoms with Gasteiger partial charge in [-0.25, -0.2) is 0 Å². The van der Waals surface area contributed by atoms with Gasteiger partial charge >= 0.3 is 0 Å². The van der Waals surface area contributed by atoms with Crippen LogP contribution < -0.4 is 5.32 Å². The van der Waals surface area contributed by atoms with Gasteiger partial charge < -0.3 is 5.32 Å². The number of hydrogen-bond acceptors (Lipinski definition) is 1. The molecule has 130 valence electrons. The number of unbranched alkanes of at least 4 members (excludes halogenated alkanes) is 9. The largest absolute Gasteiger partial charge is 0.312 e. The molecular formula is C21H41N. The Hall–Kier alpha value is -0.300. The predicted molar refractivity (Wildman–Crippen MR) is 100 cm³/mol. The molecule has 1 heterocycles. The van der Waals surface area contributed by atoms with E-state index in [1.54, 1.807) is 0 Å². The van der Waals surface area contributed by atoms with E-state index in [1.807, 2.05) is 0 Å². The SMILES string of the molecule is CCCCCCCC/C=C\CCCCC[C@H]1CCC[C@H](C)N1. The fraction of sp³-hybridized carbons (Fsp3) is 0.905. The fourth-order valence-corrected chi connectivity index (χ4v) is 3.58. The van der Waals surface area contributed by atoms with Gasteiger partial charge in [0.15, 0.2) is 0 Å². The van der Waals surface area contributed by atoms with E-state index in [9.17, 15) is 0 Å². The zero-order valence-corrected chi connectivity index (χ0v) is 15.4. The summed E-state index contributed by atoms with van der Waals surface area (Å²) in [5.74, 6) is 0. The minimum Gasteiger partial charge on any atom is -0.312 e. The molecule has 0 unspecified atom stereocenters. The van der Waals surface area contributed by atoms with E-state index in [1.165, 1.54) is 96.3 Å². The molecule has 22 heavy (non-hydrogen) atoms. The first-order valence-corrected chi connectivity index (χ1v) is 10.2. The molecule has 0 aliphatic carbocycles. The Kier molecular flexibility index (Phi) is 12.8. The maximum atomic E-state index is 3.75. The van der Waals surface area contributed by atoms with Gasteiger partial charge in [-0.05, 0) is 51.9 Å². The smallest absolute Gasteiger partial charge is 0.00695 e. The van der Waals surface area contributed by atoms with E-state index in [0.717, 1.165) is 12.1 Å². The second-order valence-corrected chi connectivity index (χ2v) is 7.36. The molecule has 0 aromatic heterocycles. The topological polar surface area (TPSA) is 12.0 Å². The Morgan fingerprint density at radius 1 is 0.818 bits per heavy atom. The summed E-state index contributed by atoms with van der Waals surface area (Å²) in [4.78, 5) is 0. The van der Waals surface area contributed by atoms with Crippen molar-refractivity contribution in [2.45, 2.75) is 122 Å². The molecule has 1 N–H and O–H groups in total. The van der Waals surface area contributed by atoms with Gasteiger partial charge in [0.2, 0.25) is 0 Å². The van der Waals surface area contributed by atoms with Crippen LogP contribution in [-0.4, -0.2) is 12.1 Å². The molecule has 2 atom stereocenters. The molecule has 0 amide bonds. The van der Waals surface area contributed by atoms with E-state index >= 15 is 0 Å². The zero-order chi connectivity index (χ0) is 15.9. The first-order valence-electron chi connectivity index (χ1n) is 10.2. The van der Waals surface area contributed by atoms with Gasteiger partial charge in [0.25, 0.3) is 0 Å². The summed E-state index contributed by atoms with van der Waals surface area (Å²) in [6.07, 6.45) is 25.7. The minimum atomic E-state index is 0.753. The highest BCUT2D eigenvalue weighted by Gasteiger charge is 2.16. The van der Waals surface area contributed by atoms with Gasteiger partial charge in [-0.2, -0.15) is 0 Å². The second-order valence-electron chi connectivity index (χ2n) is 7.36. The molecule has 0 saturated carbocycles. The standard InChI is InChI=1S/C21H41N/c1-3-4-5-6-7-8-9-10-11-12-13-14-15-18-21-19-16-17-20(2)22-21/h10-11,20-22H,3-9,12-19H2,1-2H3/b11-10-/t20-,21-/m0/s1. The zero-order valence-electron chi connectivity index (χ0n) is 15.4. The molecule has 1 fully saturated rings. The van der Waals surface area contributed by atoms with Crippen LogP contribution in [-0.2, 0) is 0 Å². The van der Waals surface area contributed by atoms with Crippen molar-refractivity contribution in [3.05, 3.63) is 12.2 Å². The third kappa shape index (κ3) is 11.3. The van der Waals surface area contributed by atoms with Crippen molar-refractivity contribution in [2.24, 2.45) is 0 Å². The Balaban J connectivity index is 1.80. The van der Waals surface area contributed by atoms with Crippen LogP contribution in [0.3, 0.4) is 0 Å². The minimum absolute atomic E-state index is 0.753. The Bertz CT molecular complexity index is 259. The summed E-state index contributed by atoms with van der Waals surface area (Å²) < 4.78 is 0. The molecular weight excluding hydrogens is 266 g/mol. The first kappa shape index (κ1) is 19.7. The van der Waals surface area contributed by atoms with Crippen LogP contribution in [0.1, 0.15) is 110 Å². The summed E-state index contributed by atoms with van der Waals surface area (Å²) in [7, 11) is 0. The summed E-state index contributed by atoms with van der Waals surface area (Å²) in [5, 5.41) is 3.75. The molecule has 0 aromatic carbocycles. The number of piperidine rings is 1. The highest BCUT2D eigenvalue weighted by Crippen LogP contribution is 2.17. The van der Waals surface area contributed by atoms with Gasteiger partial charge in [-0.1, -0.05) is 70.4 Å². The van der Waals surface area contributed by atoms with Crippen molar-refractivity contribution in [3.63, 3.8) is 0 Å². The van der Waals surface area contributed by atoms with E-state index in [0.29, 0.717) is 0 Å². The maximum Gasteiger partial charge on any atom is 0.00695 e. The van der Waals surface area contributed by atoms with Crippen LogP contribution in [0.5, 0.6) is 0 Å². The number of hydrogen-bond donors (Lipinski definition) is 1. The molecule has 0 spiro atoms. The monoisotopic (exact) mass is 307 g/mol.